The van der Waals surface area contributed by atoms with Crippen LogP contribution in [0.2, 0.25) is 0 Å². The molecule has 0 atom stereocenters. The SMILES string of the molecule is CC(C)C[N+]1(c2nc(OC(C)C)nc(OC(C)C)n2)CCOCC1.[Cl-]. The van der Waals surface area contributed by atoms with E-state index in [0.29, 0.717) is 41.6 Å². The lowest BCUT2D eigenvalue weighted by Crippen LogP contribution is -3.00. The average Bonchev–Trinajstić information content (AvgIpc) is 2.45. The zero-order valence-electron chi connectivity index (χ0n) is 16.2. The number of ether oxygens (including phenoxy) is 3. The lowest BCUT2D eigenvalue weighted by molar-refractivity contribution is -0.0000113. The Kier molecular flexibility index (Phi) is 8.31. The molecule has 0 bridgehead atoms. The second-order valence-electron chi connectivity index (χ2n) is 7.31. The fourth-order valence-electron chi connectivity index (χ4n) is 2.92. The van der Waals surface area contributed by atoms with E-state index >= 15 is 0 Å². The molecule has 2 rings (SSSR count). The Bertz CT molecular complexity index is 506. The molecule has 0 spiro atoms. The van der Waals surface area contributed by atoms with Gasteiger partial charge in [0.2, 0.25) is 0 Å². The first-order chi connectivity index (χ1) is 11.3. The molecule has 1 aliphatic rings. The van der Waals surface area contributed by atoms with Crippen molar-refractivity contribution in [3.05, 3.63) is 0 Å². The van der Waals surface area contributed by atoms with Gasteiger partial charge >= 0.3 is 18.0 Å². The minimum absolute atomic E-state index is 0. The molecule has 0 aromatic carbocycles. The first-order valence-corrected chi connectivity index (χ1v) is 8.84. The Morgan fingerprint density at radius 3 is 1.76 bits per heavy atom. The molecule has 0 amide bonds. The molecule has 1 aromatic heterocycles. The fraction of sp³-hybridized carbons (Fsp3) is 0.824. The highest BCUT2D eigenvalue weighted by atomic mass is 35.5. The number of halogens is 1. The standard InChI is InChI=1S/C17H31N4O3.ClH/c1-12(2)11-21(7-9-22-10-8-21)15-18-16(23-13(3)4)20-17(19-15)24-14(5)6;/h12-14H,7-11H2,1-6H3;1H/q+1;/p-1. The van der Waals surface area contributed by atoms with Crippen LogP contribution in [0.3, 0.4) is 0 Å². The largest absolute Gasteiger partial charge is 1.00 e. The summed E-state index contributed by atoms with van der Waals surface area (Å²) in [5.41, 5.74) is 0. The molecule has 0 aliphatic carbocycles. The maximum Gasteiger partial charge on any atom is 0.338 e. The van der Waals surface area contributed by atoms with Gasteiger partial charge in [-0.3, -0.25) is 4.48 Å². The van der Waals surface area contributed by atoms with Gasteiger partial charge in [0.15, 0.2) is 0 Å². The Morgan fingerprint density at radius 2 is 1.36 bits per heavy atom. The lowest BCUT2D eigenvalue weighted by atomic mass is 10.1. The minimum Gasteiger partial charge on any atom is -1.00 e. The molecule has 0 unspecified atom stereocenters. The van der Waals surface area contributed by atoms with Crippen LogP contribution in [0.15, 0.2) is 0 Å². The zero-order valence-corrected chi connectivity index (χ0v) is 16.9. The molecule has 0 radical (unpaired) electrons. The molecule has 0 N–H and O–H groups in total. The summed E-state index contributed by atoms with van der Waals surface area (Å²) in [4.78, 5) is 13.6. The Labute approximate surface area is 157 Å². The number of rotatable bonds is 7. The molecule has 7 nitrogen and oxygen atoms in total. The van der Waals surface area contributed by atoms with Crippen molar-refractivity contribution in [2.24, 2.45) is 5.92 Å². The van der Waals surface area contributed by atoms with E-state index in [1.54, 1.807) is 0 Å². The second-order valence-corrected chi connectivity index (χ2v) is 7.31. The summed E-state index contributed by atoms with van der Waals surface area (Å²) in [7, 11) is 0. The van der Waals surface area contributed by atoms with E-state index in [-0.39, 0.29) is 24.6 Å². The number of morpholine rings is 1. The van der Waals surface area contributed by atoms with Crippen LogP contribution in [0, 0.1) is 5.92 Å². The summed E-state index contributed by atoms with van der Waals surface area (Å²) in [6, 6.07) is 0.664. The fourth-order valence-corrected chi connectivity index (χ4v) is 2.92. The number of quaternary nitrogens is 1. The van der Waals surface area contributed by atoms with E-state index in [0.717, 1.165) is 19.6 Å². The zero-order chi connectivity index (χ0) is 17.7. The number of aromatic nitrogens is 3. The van der Waals surface area contributed by atoms with Crippen molar-refractivity contribution in [2.75, 3.05) is 32.8 Å². The van der Waals surface area contributed by atoms with Crippen molar-refractivity contribution in [3.63, 3.8) is 0 Å². The van der Waals surface area contributed by atoms with E-state index in [4.69, 9.17) is 14.2 Å². The molecule has 1 saturated heterocycles. The molecular weight excluding hydrogens is 344 g/mol. The summed E-state index contributed by atoms with van der Waals surface area (Å²) in [6.45, 7) is 16.3. The van der Waals surface area contributed by atoms with Crippen LogP contribution < -0.4 is 26.4 Å². The number of hydrogen-bond acceptors (Lipinski definition) is 6. The monoisotopic (exact) mass is 374 g/mol. The summed E-state index contributed by atoms with van der Waals surface area (Å²) in [5, 5.41) is 0. The summed E-state index contributed by atoms with van der Waals surface area (Å²) < 4.78 is 17.7. The van der Waals surface area contributed by atoms with Crippen LogP contribution in [0.5, 0.6) is 12.0 Å². The van der Waals surface area contributed by atoms with Crippen molar-refractivity contribution in [1.29, 1.82) is 0 Å². The van der Waals surface area contributed by atoms with Crippen molar-refractivity contribution < 1.29 is 26.6 Å². The Hall–Kier alpha value is -1.18. The molecule has 1 aromatic rings. The van der Waals surface area contributed by atoms with Gasteiger partial charge in [-0.2, -0.15) is 0 Å². The average molecular weight is 375 g/mol. The maximum atomic E-state index is 5.73. The van der Waals surface area contributed by atoms with Crippen LogP contribution in [0.25, 0.3) is 0 Å². The summed E-state index contributed by atoms with van der Waals surface area (Å²) in [5.74, 6) is 1.23. The van der Waals surface area contributed by atoms with E-state index < -0.39 is 0 Å². The lowest BCUT2D eigenvalue weighted by Gasteiger charge is -2.39. The van der Waals surface area contributed by atoms with Crippen molar-refractivity contribution in [3.8, 4) is 12.0 Å². The Balaban J connectivity index is 0.00000312. The molecule has 144 valence electrons. The predicted molar refractivity (Wildman–Crippen MR) is 93.4 cm³/mol. The predicted octanol–water partition coefficient (Wildman–Crippen LogP) is -0.556. The molecule has 1 fully saturated rings. The maximum absolute atomic E-state index is 5.73. The summed E-state index contributed by atoms with van der Waals surface area (Å²) in [6.07, 6.45) is -0.00854. The highest BCUT2D eigenvalue weighted by molar-refractivity contribution is 5.29. The van der Waals surface area contributed by atoms with Gasteiger partial charge in [0.05, 0.1) is 32.0 Å². The third-order valence-corrected chi connectivity index (χ3v) is 3.73. The van der Waals surface area contributed by atoms with Gasteiger partial charge in [0, 0.05) is 5.92 Å². The van der Waals surface area contributed by atoms with Crippen molar-refractivity contribution in [2.45, 2.75) is 53.8 Å². The van der Waals surface area contributed by atoms with Gasteiger partial charge in [-0.1, -0.05) is 13.8 Å². The molecule has 8 heteroatoms. The molecule has 2 heterocycles. The minimum atomic E-state index is -0.00427. The van der Waals surface area contributed by atoms with Gasteiger partial charge in [-0.05, 0) is 27.7 Å². The second kappa shape index (κ2) is 9.50. The van der Waals surface area contributed by atoms with E-state index in [1.807, 2.05) is 27.7 Å². The smallest absolute Gasteiger partial charge is 0.338 e. The van der Waals surface area contributed by atoms with Gasteiger partial charge in [0.1, 0.15) is 13.1 Å². The molecule has 1 aliphatic heterocycles. The van der Waals surface area contributed by atoms with Crippen LogP contribution in [0.4, 0.5) is 5.95 Å². The van der Waals surface area contributed by atoms with Crippen LogP contribution in [0.1, 0.15) is 41.5 Å². The summed E-state index contributed by atoms with van der Waals surface area (Å²) >= 11 is 0. The number of hydrogen-bond donors (Lipinski definition) is 0. The van der Waals surface area contributed by atoms with Crippen LogP contribution in [-0.4, -0.2) is 60.0 Å². The Morgan fingerprint density at radius 1 is 0.880 bits per heavy atom. The van der Waals surface area contributed by atoms with E-state index in [1.165, 1.54) is 0 Å². The molecular formula is C17H31ClN4O3. The van der Waals surface area contributed by atoms with E-state index in [2.05, 4.69) is 28.8 Å². The third-order valence-electron chi connectivity index (χ3n) is 3.73. The molecule has 25 heavy (non-hydrogen) atoms. The molecule has 0 saturated carbocycles. The van der Waals surface area contributed by atoms with Gasteiger partial charge in [-0.15, -0.1) is 15.0 Å². The normalized spacial score (nSPS) is 16.8. The highest BCUT2D eigenvalue weighted by Crippen LogP contribution is 2.26. The van der Waals surface area contributed by atoms with E-state index in [9.17, 15) is 0 Å². The van der Waals surface area contributed by atoms with Crippen LogP contribution >= 0.6 is 0 Å². The highest BCUT2D eigenvalue weighted by Gasteiger charge is 2.38. The topological polar surface area (TPSA) is 66.4 Å². The van der Waals surface area contributed by atoms with Gasteiger partial charge in [0.25, 0.3) is 0 Å². The van der Waals surface area contributed by atoms with Gasteiger partial charge in [-0.25, -0.2) is 0 Å². The quantitative estimate of drug-likeness (QED) is 0.596. The first kappa shape index (κ1) is 21.9. The third kappa shape index (κ3) is 6.24. The van der Waals surface area contributed by atoms with Gasteiger partial charge < -0.3 is 26.6 Å². The van der Waals surface area contributed by atoms with Crippen molar-refractivity contribution in [1.82, 2.24) is 19.4 Å². The number of nitrogens with zero attached hydrogens (tertiary/aromatic N) is 4. The first-order valence-electron chi connectivity index (χ1n) is 8.84. The van der Waals surface area contributed by atoms with Crippen molar-refractivity contribution >= 4 is 5.95 Å². The van der Waals surface area contributed by atoms with Crippen LogP contribution in [-0.2, 0) is 4.74 Å².